The van der Waals surface area contributed by atoms with Gasteiger partial charge in [0.05, 0.1) is 12.8 Å². The van der Waals surface area contributed by atoms with E-state index in [0.29, 0.717) is 6.42 Å². The maximum Gasteiger partial charge on any atom is 0.330 e. The molecule has 0 unspecified atom stereocenters. The Labute approximate surface area is 201 Å². The summed E-state index contributed by atoms with van der Waals surface area (Å²) in [5, 5.41) is 0. The first-order valence-corrected chi connectivity index (χ1v) is 11.3. The maximum absolute atomic E-state index is 12.6. The van der Waals surface area contributed by atoms with Crippen molar-refractivity contribution in [1.29, 1.82) is 0 Å². The van der Waals surface area contributed by atoms with Gasteiger partial charge in [0.25, 0.3) is 5.56 Å². The van der Waals surface area contributed by atoms with Gasteiger partial charge in [-0.2, -0.15) is 0 Å². The number of rotatable bonds is 13. The van der Waals surface area contributed by atoms with Gasteiger partial charge in [-0.15, -0.1) is 0 Å². The lowest BCUT2D eigenvalue weighted by molar-refractivity contribution is -0.160. The fourth-order valence-corrected chi connectivity index (χ4v) is 3.71. The van der Waals surface area contributed by atoms with Crippen molar-refractivity contribution in [3.05, 3.63) is 32.6 Å². The number of nitrogens with one attached hydrogen (secondary N) is 1. The van der Waals surface area contributed by atoms with Crippen molar-refractivity contribution in [1.82, 2.24) is 9.55 Å². The highest BCUT2D eigenvalue weighted by Crippen LogP contribution is 2.38. The Morgan fingerprint density at radius 3 is 2.26 bits per heavy atom. The molecule has 1 aromatic heterocycles. The molecule has 4 atom stereocenters. The normalized spacial score (nSPS) is 21.5. The van der Waals surface area contributed by atoms with E-state index in [1.807, 2.05) is 0 Å². The number of H-pyrrole nitrogens is 1. The molecule has 194 valence electrons. The van der Waals surface area contributed by atoms with Crippen molar-refractivity contribution < 1.29 is 38.1 Å². The third kappa shape index (κ3) is 8.25. The second kappa shape index (κ2) is 13.1. The monoisotopic (exact) mass is 496 g/mol. The van der Waals surface area contributed by atoms with Crippen molar-refractivity contribution in [2.24, 2.45) is 5.92 Å². The quantitative estimate of drug-likeness (QED) is 0.383. The highest BCUT2D eigenvalue weighted by atomic mass is 16.6. The number of esters is 2. The average Bonchev–Trinajstić information content (AvgIpc) is 3.12. The summed E-state index contributed by atoms with van der Waals surface area (Å²) in [6, 6.07) is 0. The second-order valence-electron chi connectivity index (χ2n) is 8.53. The van der Waals surface area contributed by atoms with Crippen LogP contribution in [-0.4, -0.2) is 65.6 Å². The number of aryl methyl sites for hydroxylation is 1. The summed E-state index contributed by atoms with van der Waals surface area (Å²) in [4.78, 5) is 73.6. The van der Waals surface area contributed by atoms with Crippen molar-refractivity contribution in [3.63, 3.8) is 0 Å². The summed E-state index contributed by atoms with van der Waals surface area (Å²) < 4.78 is 23.3. The molecule has 0 amide bonds. The Hall–Kier alpha value is -3.12. The summed E-state index contributed by atoms with van der Waals surface area (Å²) in [7, 11) is 1.49. The minimum atomic E-state index is -0.959. The Bertz CT molecular complexity index is 1040. The van der Waals surface area contributed by atoms with E-state index < -0.39 is 47.5 Å². The molecule has 35 heavy (non-hydrogen) atoms. The topological polar surface area (TPSA) is 160 Å². The molecule has 2 rings (SSSR count). The van der Waals surface area contributed by atoms with Crippen molar-refractivity contribution >= 4 is 23.5 Å². The highest BCUT2D eigenvalue weighted by molar-refractivity contribution is 5.81. The largest absolute Gasteiger partial charge is 0.463 e. The van der Waals surface area contributed by atoms with E-state index in [2.05, 4.69) is 4.98 Å². The van der Waals surface area contributed by atoms with Crippen LogP contribution in [0.15, 0.2) is 15.8 Å². The molecule has 12 heteroatoms. The van der Waals surface area contributed by atoms with E-state index in [9.17, 15) is 28.8 Å². The number of Topliss-reactive ketones (excluding diaryl/α,β-unsaturated/α-hetero) is 2. The molecule has 0 aromatic carbocycles. The second-order valence-corrected chi connectivity index (χ2v) is 8.53. The molecule has 0 saturated carbocycles. The smallest absolute Gasteiger partial charge is 0.330 e. The lowest BCUT2D eigenvalue weighted by Crippen LogP contribution is -2.38. The Morgan fingerprint density at radius 2 is 1.66 bits per heavy atom. The van der Waals surface area contributed by atoms with Gasteiger partial charge >= 0.3 is 17.6 Å². The van der Waals surface area contributed by atoms with E-state index in [1.165, 1.54) is 38.6 Å². The number of aromatic amines is 1. The highest BCUT2D eigenvalue weighted by Gasteiger charge is 2.48. The van der Waals surface area contributed by atoms with E-state index in [1.54, 1.807) is 0 Å². The fraction of sp³-hybridized carbons (Fsp3) is 0.652. The van der Waals surface area contributed by atoms with Crippen LogP contribution in [0.3, 0.4) is 0 Å². The van der Waals surface area contributed by atoms with Gasteiger partial charge in [0.1, 0.15) is 36.6 Å². The molecule has 12 nitrogen and oxygen atoms in total. The first kappa shape index (κ1) is 28.1. The summed E-state index contributed by atoms with van der Waals surface area (Å²) in [5.41, 5.74) is -0.984. The van der Waals surface area contributed by atoms with Crippen LogP contribution in [0.25, 0.3) is 0 Å². The number of aromatic nitrogens is 2. The predicted molar refractivity (Wildman–Crippen MR) is 121 cm³/mol. The molecule has 0 radical (unpaired) electrons. The van der Waals surface area contributed by atoms with E-state index in [4.69, 9.17) is 18.9 Å². The molecule has 0 bridgehead atoms. The molecule has 0 spiro atoms. The Morgan fingerprint density at radius 1 is 1.03 bits per heavy atom. The third-order valence-electron chi connectivity index (χ3n) is 5.58. The molecule has 1 N–H and O–H groups in total. The number of hydrogen-bond acceptors (Lipinski definition) is 10. The van der Waals surface area contributed by atoms with Crippen molar-refractivity contribution in [3.8, 4) is 0 Å². The van der Waals surface area contributed by atoms with Gasteiger partial charge < -0.3 is 28.5 Å². The van der Waals surface area contributed by atoms with Gasteiger partial charge in [-0.3, -0.25) is 23.9 Å². The summed E-state index contributed by atoms with van der Waals surface area (Å²) in [6.45, 7) is 4.20. The summed E-state index contributed by atoms with van der Waals surface area (Å²) in [5.74, 6) is -2.21. The number of ketones is 2. The lowest BCUT2D eigenvalue weighted by Gasteiger charge is -2.24. The zero-order valence-electron chi connectivity index (χ0n) is 20.4. The average molecular weight is 497 g/mol. The first-order valence-electron chi connectivity index (χ1n) is 11.3. The van der Waals surface area contributed by atoms with E-state index in [0.717, 1.165) is 0 Å². The van der Waals surface area contributed by atoms with Crippen LogP contribution in [0.5, 0.6) is 0 Å². The zero-order valence-corrected chi connectivity index (χ0v) is 20.4. The summed E-state index contributed by atoms with van der Waals surface area (Å²) >= 11 is 0. The molecule has 1 fully saturated rings. The van der Waals surface area contributed by atoms with Crippen molar-refractivity contribution in [2.75, 3.05) is 20.3 Å². The Kier molecular flexibility index (Phi) is 10.5. The standard InChI is InChI=1S/C23H32N2O10/c1-13-11-25(23(31)24-21(13)30)22-16(9-10-32-4)20(35-19(29)8-6-15(3)27)17(34-22)12-33-18(28)7-5-14(2)26/h11,16-17,20,22H,5-10,12H2,1-4H3,(H,24,30,31)/t16-,17-,20+,22-/m1/s1. The molecular formula is C23H32N2O10. The van der Waals surface area contributed by atoms with Gasteiger partial charge in [-0.25, -0.2) is 4.79 Å². The Balaban J connectivity index is 2.33. The number of methoxy groups -OCH3 is 1. The SMILES string of the molecule is COCC[C@@H]1[C@H](OC(=O)CCC(C)=O)[C@@H](COC(=O)CCC(C)=O)O[C@H]1n1cc(C)c(=O)[nH]c1=O. The molecule has 1 saturated heterocycles. The predicted octanol–water partition coefficient (Wildman–Crippen LogP) is 0.589. The lowest BCUT2D eigenvalue weighted by atomic mass is 9.96. The van der Waals surface area contributed by atoms with Gasteiger partial charge in [0.15, 0.2) is 0 Å². The van der Waals surface area contributed by atoms with Crippen LogP contribution in [0.4, 0.5) is 0 Å². The number of ether oxygens (including phenoxy) is 4. The number of carbonyl (C=O) groups is 4. The molecule has 1 aliphatic heterocycles. The van der Waals surface area contributed by atoms with Gasteiger partial charge in [0, 0.05) is 44.2 Å². The fourth-order valence-electron chi connectivity index (χ4n) is 3.71. The van der Waals surface area contributed by atoms with Crippen LogP contribution in [-0.2, 0) is 38.1 Å². The minimum absolute atomic E-state index is 0.00184. The van der Waals surface area contributed by atoms with Crippen LogP contribution in [0.1, 0.15) is 57.7 Å². The van der Waals surface area contributed by atoms with Crippen LogP contribution in [0.2, 0.25) is 0 Å². The van der Waals surface area contributed by atoms with Gasteiger partial charge in [0.2, 0.25) is 0 Å². The van der Waals surface area contributed by atoms with E-state index >= 15 is 0 Å². The van der Waals surface area contributed by atoms with Gasteiger partial charge in [-0.1, -0.05) is 0 Å². The third-order valence-corrected chi connectivity index (χ3v) is 5.58. The summed E-state index contributed by atoms with van der Waals surface area (Å²) in [6.07, 6.45) is -1.40. The first-order chi connectivity index (χ1) is 16.5. The number of nitrogens with zero attached hydrogens (tertiary/aromatic N) is 1. The molecule has 1 aliphatic rings. The number of hydrogen-bond donors (Lipinski definition) is 1. The molecule has 0 aliphatic carbocycles. The zero-order chi connectivity index (χ0) is 26.1. The van der Waals surface area contributed by atoms with Crippen molar-refractivity contribution in [2.45, 2.75) is 71.3 Å². The van der Waals surface area contributed by atoms with Crippen LogP contribution in [0, 0.1) is 12.8 Å². The van der Waals surface area contributed by atoms with Crippen LogP contribution < -0.4 is 11.2 Å². The minimum Gasteiger partial charge on any atom is -0.463 e. The van der Waals surface area contributed by atoms with E-state index in [-0.39, 0.29) is 56.0 Å². The molecule has 2 heterocycles. The van der Waals surface area contributed by atoms with Gasteiger partial charge in [-0.05, 0) is 27.2 Å². The molecular weight excluding hydrogens is 464 g/mol. The molecule has 1 aromatic rings. The number of carbonyl (C=O) groups excluding carboxylic acids is 4. The van der Waals surface area contributed by atoms with Crippen LogP contribution >= 0.6 is 0 Å². The maximum atomic E-state index is 12.6.